The fourth-order valence-corrected chi connectivity index (χ4v) is 5.66. The first kappa shape index (κ1) is 25.1. The van der Waals surface area contributed by atoms with E-state index in [0.717, 1.165) is 72.0 Å². The van der Waals surface area contributed by atoms with Crippen LogP contribution in [-0.4, -0.2) is 50.7 Å². The number of H-pyrrole nitrogens is 1. The van der Waals surface area contributed by atoms with Gasteiger partial charge in [0, 0.05) is 48.5 Å². The molecule has 3 aromatic heterocycles. The lowest BCUT2D eigenvalue weighted by atomic mass is 9.96. The van der Waals surface area contributed by atoms with Gasteiger partial charge in [-0.05, 0) is 79.0 Å². The number of nitrogens with two attached hydrogens (primary N) is 1. The fraction of sp³-hybridized carbons (Fsp3) is 0.250. The van der Waals surface area contributed by atoms with Crippen LogP contribution in [0.5, 0.6) is 0 Å². The molecule has 2 aliphatic heterocycles. The van der Waals surface area contributed by atoms with E-state index in [1.807, 2.05) is 12.3 Å². The molecule has 2 aliphatic rings. The number of aromatic amines is 1. The third-order valence-electron chi connectivity index (χ3n) is 7.06. The second kappa shape index (κ2) is 10.9. The van der Waals surface area contributed by atoms with Gasteiger partial charge >= 0.3 is 0 Å². The Morgan fingerprint density at radius 2 is 1.97 bits per heavy atom. The number of hydrogen-bond donors (Lipinski definition) is 4. The quantitative estimate of drug-likeness (QED) is 0.257. The molecule has 0 aliphatic carbocycles. The minimum atomic E-state index is -0.387. The summed E-state index contributed by atoms with van der Waals surface area (Å²) in [7, 11) is 0. The first-order valence-electron chi connectivity index (χ1n) is 12.9. The van der Waals surface area contributed by atoms with Crippen LogP contribution in [0.3, 0.4) is 0 Å². The molecule has 0 atom stereocenters. The van der Waals surface area contributed by atoms with Crippen molar-refractivity contribution in [3.05, 3.63) is 71.0 Å². The molecule has 4 aromatic rings. The molecule has 11 heteroatoms. The topological polar surface area (TPSA) is 142 Å². The van der Waals surface area contributed by atoms with Crippen LogP contribution in [0.4, 0.5) is 16.6 Å². The Balaban J connectivity index is 1.05. The molecule has 1 aromatic carbocycles. The van der Waals surface area contributed by atoms with Crippen molar-refractivity contribution in [2.45, 2.75) is 19.4 Å². The van der Waals surface area contributed by atoms with E-state index in [1.165, 1.54) is 0 Å². The second-order valence-electron chi connectivity index (χ2n) is 9.72. The summed E-state index contributed by atoms with van der Waals surface area (Å²) < 4.78 is 0. The molecular formula is C28H28N8O2S. The summed E-state index contributed by atoms with van der Waals surface area (Å²) in [4.78, 5) is 42.7. The molecule has 0 radical (unpaired) electrons. The molecule has 0 saturated carbocycles. The Hall–Kier alpha value is -4.22. The highest BCUT2D eigenvalue weighted by atomic mass is 32.2. The van der Waals surface area contributed by atoms with E-state index in [0.29, 0.717) is 34.8 Å². The number of benzene rings is 1. The minimum absolute atomic E-state index is 0.346. The number of carbonyl (C=O) groups is 2. The highest BCUT2D eigenvalue weighted by Gasteiger charge is 2.26. The maximum absolute atomic E-state index is 11.8. The number of thioether (sulfide) groups is 1. The summed E-state index contributed by atoms with van der Waals surface area (Å²) in [6, 6.07) is 14.0. The Morgan fingerprint density at radius 3 is 2.79 bits per heavy atom. The predicted molar refractivity (Wildman–Crippen MR) is 154 cm³/mol. The van der Waals surface area contributed by atoms with Crippen LogP contribution in [-0.2, 0) is 11.3 Å². The third-order valence-corrected chi connectivity index (χ3v) is 7.87. The number of amides is 2. The van der Waals surface area contributed by atoms with E-state index in [4.69, 9.17) is 5.73 Å². The number of hydrogen-bond acceptors (Lipinski definition) is 9. The van der Waals surface area contributed by atoms with Crippen LogP contribution >= 0.6 is 11.8 Å². The number of aromatic nitrogens is 4. The Bertz CT molecular complexity index is 1570. The third kappa shape index (κ3) is 5.64. The van der Waals surface area contributed by atoms with Gasteiger partial charge in [0.2, 0.25) is 5.95 Å². The van der Waals surface area contributed by atoms with Gasteiger partial charge in [-0.2, -0.15) is 0 Å². The molecule has 198 valence electrons. The lowest BCUT2D eigenvalue weighted by molar-refractivity contribution is -0.115. The summed E-state index contributed by atoms with van der Waals surface area (Å²) >= 11 is 0.886. The SMILES string of the molecule is Nc1ccc(CNCC2CCN(c3nccc(/C=C4/SC(=O)NC4=O)n3)CC2)c(-c2ccc3[nH]ccc3c2)n1. The monoisotopic (exact) mass is 540 g/mol. The van der Waals surface area contributed by atoms with Crippen LogP contribution in [0, 0.1) is 5.92 Å². The molecule has 0 spiro atoms. The standard InChI is InChI=1S/C28H28N8O2S/c29-24-4-2-20(25(34-24)19-1-3-22-18(13-19)5-9-31-22)16-30-15-17-7-11-36(12-8-17)27-32-10-6-21(33-27)14-23-26(37)35-28(38)39-23/h1-6,9-10,13-14,17,30-31H,7-8,11-12,15-16H2,(H2,29,34)(H,35,37,38)/b23-14+. The Labute approximate surface area is 229 Å². The number of nitrogen functional groups attached to an aromatic ring is 1. The molecule has 10 nitrogen and oxygen atoms in total. The first-order valence-corrected chi connectivity index (χ1v) is 13.7. The van der Waals surface area contributed by atoms with Gasteiger partial charge < -0.3 is 20.9 Å². The van der Waals surface area contributed by atoms with Crippen molar-refractivity contribution < 1.29 is 9.59 Å². The van der Waals surface area contributed by atoms with E-state index in [2.05, 4.69) is 65.8 Å². The largest absolute Gasteiger partial charge is 0.384 e. The van der Waals surface area contributed by atoms with Gasteiger partial charge in [-0.3, -0.25) is 14.9 Å². The van der Waals surface area contributed by atoms with Crippen LogP contribution < -0.4 is 21.3 Å². The number of imide groups is 1. The van der Waals surface area contributed by atoms with Gasteiger partial charge in [0.1, 0.15) is 5.82 Å². The van der Waals surface area contributed by atoms with E-state index in [1.54, 1.807) is 18.3 Å². The fourth-order valence-electron chi connectivity index (χ4n) is 4.99. The summed E-state index contributed by atoms with van der Waals surface area (Å²) in [5.41, 5.74) is 10.8. The molecule has 0 bridgehead atoms. The average molecular weight is 541 g/mol. The molecule has 2 amide bonds. The predicted octanol–water partition coefficient (Wildman–Crippen LogP) is 3.93. The molecule has 2 saturated heterocycles. The van der Waals surface area contributed by atoms with Gasteiger partial charge in [-0.25, -0.2) is 15.0 Å². The van der Waals surface area contributed by atoms with Crippen LogP contribution in [0.1, 0.15) is 24.1 Å². The summed E-state index contributed by atoms with van der Waals surface area (Å²) in [6.45, 7) is 3.32. The second-order valence-corrected chi connectivity index (χ2v) is 10.7. The minimum Gasteiger partial charge on any atom is -0.384 e. The number of nitrogens with zero attached hydrogens (tertiary/aromatic N) is 4. The summed E-state index contributed by atoms with van der Waals surface area (Å²) in [5.74, 6) is 1.30. The van der Waals surface area contributed by atoms with Gasteiger partial charge in [-0.15, -0.1) is 0 Å². The normalized spacial score (nSPS) is 17.3. The van der Waals surface area contributed by atoms with E-state index in [-0.39, 0.29) is 11.1 Å². The zero-order chi connectivity index (χ0) is 26.8. The maximum atomic E-state index is 11.8. The zero-order valence-corrected chi connectivity index (χ0v) is 22.0. The number of anilines is 2. The number of pyridine rings is 1. The Kier molecular flexibility index (Phi) is 6.99. The van der Waals surface area contributed by atoms with Crippen LogP contribution in [0.15, 0.2) is 59.8 Å². The van der Waals surface area contributed by atoms with Crippen molar-refractivity contribution >= 4 is 51.7 Å². The van der Waals surface area contributed by atoms with Crippen molar-refractivity contribution in [3.8, 4) is 11.3 Å². The highest BCUT2D eigenvalue weighted by molar-refractivity contribution is 8.18. The zero-order valence-electron chi connectivity index (χ0n) is 21.2. The van der Waals surface area contributed by atoms with Crippen molar-refractivity contribution in [3.63, 3.8) is 0 Å². The van der Waals surface area contributed by atoms with Crippen molar-refractivity contribution in [1.29, 1.82) is 0 Å². The summed E-state index contributed by atoms with van der Waals surface area (Å²) in [6.07, 6.45) is 7.29. The van der Waals surface area contributed by atoms with Gasteiger partial charge in [-0.1, -0.05) is 12.1 Å². The lowest BCUT2D eigenvalue weighted by Crippen LogP contribution is -2.38. The van der Waals surface area contributed by atoms with Crippen LogP contribution in [0.2, 0.25) is 0 Å². The average Bonchev–Trinajstić information content (AvgIpc) is 3.54. The van der Waals surface area contributed by atoms with Crippen molar-refractivity contribution in [2.24, 2.45) is 5.92 Å². The van der Waals surface area contributed by atoms with Gasteiger partial charge in [0.15, 0.2) is 0 Å². The van der Waals surface area contributed by atoms with E-state index >= 15 is 0 Å². The van der Waals surface area contributed by atoms with E-state index in [9.17, 15) is 9.59 Å². The highest BCUT2D eigenvalue weighted by Crippen LogP contribution is 2.28. The molecule has 0 unspecified atom stereocenters. The molecule has 39 heavy (non-hydrogen) atoms. The number of carbonyl (C=O) groups excluding carboxylic acids is 2. The number of fused-ring (bicyclic) bond motifs is 1. The van der Waals surface area contributed by atoms with Crippen LogP contribution in [0.25, 0.3) is 28.2 Å². The molecule has 5 heterocycles. The summed E-state index contributed by atoms with van der Waals surface area (Å²) in [5, 5.41) is 6.68. The van der Waals surface area contributed by atoms with Gasteiger partial charge in [0.25, 0.3) is 11.1 Å². The van der Waals surface area contributed by atoms with Crippen molar-refractivity contribution in [2.75, 3.05) is 30.3 Å². The number of nitrogens with one attached hydrogen (secondary N) is 3. The maximum Gasteiger partial charge on any atom is 0.290 e. The van der Waals surface area contributed by atoms with Gasteiger partial charge in [0.05, 0.1) is 16.3 Å². The Morgan fingerprint density at radius 1 is 1.10 bits per heavy atom. The molecular weight excluding hydrogens is 512 g/mol. The smallest absolute Gasteiger partial charge is 0.290 e. The number of piperidine rings is 1. The number of rotatable bonds is 7. The lowest BCUT2D eigenvalue weighted by Gasteiger charge is -2.32. The van der Waals surface area contributed by atoms with E-state index < -0.39 is 0 Å². The first-order chi connectivity index (χ1) is 19.0. The van der Waals surface area contributed by atoms with Crippen molar-refractivity contribution in [1.82, 2.24) is 30.6 Å². The molecule has 6 rings (SSSR count). The molecule has 5 N–H and O–H groups in total. The molecule has 2 fully saturated rings.